The lowest BCUT2D eigenvalue weighted by Crippen LogP contribution is -1.98. The van der Waals surface area contributed by atoms with Crippen LogP contribution >= 0.6 is 11.6 Å². The molecule has 0 atom stereocenters. The summed E-state index contributed by atoms with van der Waals surface area (Å²) in [5.41, 5.74) is 7.80. The topological polar surface area (TPSA) is 52.0 Å². The van der Waals surface area contributed by atoms with Crippen molar-refractivity contribution in [3.8, 4) is 11.3 Å². The summed E-state index contributed by atoms with van der Waals surface area (Å²) in [6, 6.07) is 4.17. The Bertz CT molecular complexity index is 566. The molecule has 1 aromatic carbocycles. The highest BCUT2D eigenvalue weighted by Gasteiger charge is 2.18. The minimum atomic E-state index is -0.384. The van der Waals surface area contributed by atoms with Gasteiger partial charge in [-0.1, -0.05) is 30.6 Å². The lowest BCUT2D eigenvalue weighted by Gasteiger charge is -2.06. The fourth-order valence-corrected chi connectivity index (χ4v) is 2.08. The maximum Gasteiger partial charge on any atom is 0.225 e. The molecule has 3 nitrogen and oxygen atoms in total. The zero-order chi connectivity index (χ0) is 13.3. The second-order valence-corrected chi connectivity index (χ2v) is 5.00. The van der Waals surface area contributed by atoms with E-state index in [0.29, 0.717) is 28.1 Å². The first kappa shape index (κ1) is 12.9. The summed E-state index contributed by atoms with van der Waals surface area (Å²) in [7, 11) is 0. The fourth-order valence-electron chi connectivity index (χ4n) is 1.82. The summed E-state index contributed by atoms with van der Waals surface area (Å²) >= 11 is 6.02. The summed E-state index contributed by atoms with van der Waals surface area (Å²) < 4.78 is 18.0. The first-order valence-corrected chi connectivity index (χ1v) is 6.06. The Morgan fingerprint density at radius 1 is 1.44 bits per heavy atom. The van der Waals surface area contributed by atoms with Gasteiger partial charge in [-0.05, 0) is 30.5 Å². The van der Waals surface area contributed by atoms with E-state index >= 15 is 0 Å². The zero-order valence-corrected chi connectivity index (χ0v) is 11.0. The van der Waals surface area contributed by atoms with Crippen LogP contribution in [0.25, 0.3) is 11.3 Å². The van der Waals surface area contributed by atoms with Crippen LogP contribution in [0.15, 0.2) is 22.7 Å². The molecule has 2 aromatic rings. The molecule has 0 spiro atoms. The van der Waals surface area contributed by atoms with E-state index in [9.17, 15) is 4.39 Å². The van der Waals surface area contributed by atoms with Gasteiger partial charge in [-0.3, -0.25) is 0 Å². The van der Waals surface area contributed by atoms with Crippen molar-refractivity contribution in [1.29, 1.82) is 0 Å². The Hall–Kier alpha value is -1.55. The fraction of sp³-hybridized carbons (Fsp3) is 0.308. The summed E-state index contributed by atoms with van der Waals surface area (Å²) in [6.07, 6.45) is 0.734. The third-order valence-electron chi connectivity index (χ3n) is 2.62. The minimum absolute atomic E-state index is 0.291. The van der Waals surface area contributed by atoms with Gasteiger partial charge in [0, 0.05) is 11.1 Å². The number of nitrogens with zero attached hydrogens (tertiary/aromatic N) is 1. The van der Waals surface area contributed by atoms with Crippen molar-refractivity contribution in [3.63, 3.8) is 0 Å². The lowest BCUT2D eigenvalue weighted by molar-refractivity contribution is 0.438. The van der Waals surface area contributed by atoms with Crippen LogP contribution in [0.3, 0.4) is 0 Å². The molecule has 96 valence electrons. The molecule has 0 aliphatic carbocycles. The average molecular weight is 269 g/mol. The van der Waals surface area contributed by atoms with Crippen molar-refractivity contribution in [2.75, 3.05) is 5.73 Å². The maximum absolute atomic E-state index is 13.0. The van der Waals surface area contributed by atoms with Crippen LogP contribution in [0.2, 0.25) is 5.02 Å². The van der Waals surface area contributed by atoms with Gasteiger partial charge in [0.1, 0.15) is 11.5 Å². The lowest BCUT2D eigenvalue weighted by atomic mass is 9.99. The standard InChI is InChI=1S/C13H14ClFN2O/c1-7(2)5-10-12(17-18-13(10)16)9-4-3-8(15)6-11(9)14/h3-4,6-7H,5,16H2,1-2H3. The zero-order valence-electron chi connectivity index (χ0n) is 10.2. The molecule has 0 bridgehead atoms. The number of aromatic nitrogens is 1. The summed E-state index contributed by atoms with van der Waals surface area (Å²) in [5.74, 6) is 0.314. The second kappa shape index (κ2) is 4.98. The summed E-state index contributed by atoms with van der Waals surface area (Å²) in [6.45, 7) is 4.14. The second-order valence-electron chi connectivity index (χ2n) is 4.60. The predicted octanol–water partition coefficient (Wildman–Crippen LogP) is 3.91. The predicted molar refractivity (Wildman–Crippen MR) is 69.9 cm³/mol. The first-order valence-electron chi connectivity index (χ1n) is 5.68. The molecule has 0 aliphatic heterocycles. The number of nitrogen functional groups attached to an aromatic ring is 1. The Labute approximate surface area is 110 Å². The highest BCUT2D eigenvalue weighted by molar-refractivity contribution is 6.33. The maximum atomic E-state index is 13.0. The van der Waals surface area contributed by atoms with Gasteiger partial charge in [0.25, 0.3) is 0 Å². The van der Waals surface area contributed by atoms with Gasteiger partial charge in [0.05, 0.1) is 5.02 Å². The normalized spacial score (nSPS) is 11.2. The number of anilines is 1. The average Bonchev–Trinajstić information content (AvgIpc) is 2.60. The largest absolute Gasteiger partial charge is 0.367 e. The Kier molecular flexibility index (Phi) is 3.57. The Morgan fingerprint density at radius 3 is 2.78 bits per heavy atom. The first-order chi connectivity index (χ1) is 8.49. The molecular formula is C13H14ClFN2O. The van der Waals surface area contributed by atoms with Gasteiger partial charge >= 0.3 is 0 Å². The molecule has 1 aromatic heterocycles. The van der Waals surface area contributed by atoms with Crippen molar-refractivity contribution >= 4 is 17.5 Å². The highest BCUT2D eigenvalue weighted by atomic mass is 35.5. The molecular weight excluding hydrogens is 255 g/mol. The number of nitrogens with two attached hydrogens (primary N) is 1. The molecule has 0 saturated heterocycles. The number of hydrogen-bond acceptors (Lipinski definition) is 3. The van der Waals surface area contributed by atoms with Gasteiger partial charge in [-0.25, -0.2) is 4.39 Å². The van der Waals surface area contributed by atoms with Gasteiger partial charge in [-0.15, -0.1) is 0 Å². The highest BCUT2D eigenvalue weighted by Crippen LogP contribution is 2.33. The molecule has 2 rings (SSSR count). The Morgan fingerprint density at radius 2 is 2.17 bits per heavy atom. The molecule has 5 heteroatoms. The van der Waals surface area contributed by atoms with Crippen LogP contribution in [-0.2, 0) is 6.42 Å². The molecule has 0 aliphatic rings. The van der Waals surface area contributed by atoms with E-state index in [2.05, 4.69) is 19.0 Å². The number of rotatable bonds is 3. The van der Waals surface area contributed by atoms with E-state index in [1.807, 2.05) is 0 Å². The Balaban J connectivity index is 2.50. The van der Waals surface area contributed by atoms with E-state index in [4.69, 9.17) is 21.9 Å². The quantitative estimate of drug-likeness (QED) is 0.918. The van der Waals surface area contributed by atoms with E-state index in [0.717, 1.165) is 12.0 Å². The van der Waals surface area contributed by atoms with Crippen LogP contribution < -0.4 is 5.73 Å². The van der Waals surface area contributed by atoms with E-state index in [-0.39, 0.29) is 5.82 Å². The number of halogens is 2. The van der Waals surface area contributed by atoms with Crippen molar-refractivity contribution in [2.45, 2.75) is 20.3 Å². The van der Waals surface area contributed by atoms with Crippen molar-refractivity contribution in [1.82, 2.24) is 5.16 Å². The van der Waals surface area contributed by atoms with Crippen LogP contribution in [0.1, 0.15) is 19.4 Å². The third-order valence-corrected chi connectivity index (χ3v) is 2.93. The van der Waals surface area contributed by atoms with Gasteiger partial charge < -0.3 is 10.3 Å². The third kappa shape index (κ3) is 2.48. The van der Waals surface area contributed by atoms with Gasteiger partial charge in [0.2, 0.25) is 5.88 Å². The number of hydrogen-bond donors (Lipinski definition) is 1. The van der Waals surface area contributed by atoms with E-state index in [1.54, 1.807) is 6.07 Å². The van der Waals surface area contributed by atoms with Crippen LogP contribution in [0.4, 0.5) is 10.3 Å². The number of benzene rings is 1. The van der Waals surface area contributed by atoms with E-state index in [1.165, 1.54) is 12.1 Å². The smallest absolute Gasteiger partial charge is 0.225 e. The van der Waals surface area contributed by atoms with Crippen molar-refractivity contribution < 1.29 is 8.91 Å². The summed E-state index contributed by atoms with van der Waals surface area (Å²) in [4.78, 5) is 0. The van der Waals surface area contributed by atoms with Crippen LogP contribution in [0.5, 0.6) is 0 Å². The van der Waals surface area contributed by atoms with Crippen molar-refractivity contribution in [2.24, 2.45) is 5.92 Å². The molecule has 1 heterocycles. The van der Waals surface area contributed by atoms with Crippen LogP contribution in [-0.4, -0.2) is 5.16 Å². The molecule has 0 amide bonds. The van der Waals surface area contributed by atoms with Gasteiger partial charge in [-0.2, -0.15) is 0 Å². The molecule has 0 unspecified atom stereocenters. The summed E-state index contributed by atoms with van der Waals surface area (Å²) in [5, 5.41) is 4.22. The molecule has 18 heavy (non-hydrogen) atoms. The molecule has 0 saturated carbocycles. The molecule has 0 fully saturated rings. The van der Waals surface area contributed by atoms with E-state index < -0.39 is 0 Å². The van der Waals surface area contributed by atoms with Gasteiger partial charge in [0.15, 0.2) is 0 Å². The monoisotopic (exact) mass is 268 g/mol. The van der Waals surface area contributed by atoms with Crippen molar-refractivity contribution in [3.05, 3.63) is 34.6 Å². The molecule has 0 radical (unpaired) electrons. The van der Waals surface area contributed by atoms with Crippen LogP contribution in [0, 0.1) is 11.7 Å². The molecule has 2 N–H and O–H groups in total. The minimum Gasteiger partial charge on any atom is -0.367 e. The SMILES string of the molecule is CC(C)Cc1c(-c2ccc(F)cc2Cl)noc1N.